The number of hydrogen-bond acceptors (Lipinski definition) is 5. The summed E-state index contributed by atoms with van der Waals surface area (Å²) in [4.78, 5) is 4.75. The van der Waals surface area contributed by atoms with Gasteiger partial charge in [-0.25, -0.2) is 0 Å². The predicted octanol–water partition coefficient (Wildman–Crippen LogP) is 2.35. The molecular formula is C21H39N5. The lowest BCUT2D eigenvalue weighted by molar-refractivity contribution is 0.273. The van der Waals surface area contributed by atoms with Gasteiger partial charge in [0, 0.05) is 55.2 Å². The molecule has 1 heterocycles. The lowest BCUT2D eigenvalue weighted by atomic mass is 9.89. The number of rotatable bonds is 0. The summed E-state index contributed by atoms with van der Waals surface area (Å²) in [5.41, 5.74) is 2.37. The summed E-state index contributed by atoms with van der Waals surface area (Å²) < 4.78 is 0. The van der Waals surface area contributed by atoms with Gasteiger partial charge in [-0.1, -0.05) is 25.7 Å². The van der Waals surface area contributed by atoms with Crippen LogP contribution in [0.25, 0.3) is 0 Å². The largest absolute Gasteiger partial charge is 0.384 e. The van der Waals surface area contributed by atoms with Gasteiger partial charge in [-0.05, 0) is 45.6 Å². The minimum absolute atomic E-state index is 0.546. The molecule has 0 saturated heterocycles. The molecule has 5 heteroatoms. The first-order valence-corrected chi connectivity index (χ1v) is 10.9. The standard InChI is InChI=1S/C21H39N5/c1-16-15-17(2)26-21-10-6-5-9-20(21)25-14-13-24-19-8-4-3-7-18(19)23-12-11-22-16/h15,18-21,23-26H,3-14H2,1-2H3/b17-15-,22-16?/t18-,19-,20-,21-/m1/s1. The molecule has 3 rings (SSSR count). The first-order chi connectivity index (χ1) is 12.7. The first kappa shape index (κ1) is 19.8. The average molecular weight is 362 g/mol. The fourth-order valence-corrected chi connectivity index (χ4v) is 4.86. The van der Waals surface area contributed by atoms with E-state index in [1.165, 1.54) is 57.1 Å². The highest BCUT2D eigenvalue weighted by molar-refractivity contribution is 5.93. The van der Waals surface area contributed by atoms with E-state index in [4.69, 9.17) is 4.99 Å². The molecule has 0 spiro atoms. The number of hydrogen-bond donors (Lipinski definition) is 4. The summed E-state index contributed by atoms with van der Waals surface area (Å²) in [6.07, 6.45) is 12.8. The highest BCUT2D eigenvalue weighted by atomic mass is 15.1. The van der Waals surface area contributed by atoms with E-state index < -0.39 is 0 Å². The van der Waals surface area contributed by atoms with Crippen molar-refractivity contribution < 1.29 is 0 Å². The van der Waals surface area contributed by atoms with Crippen molar-refractivity contribution in [2.75, 3.05) is 26.2 Å². The van der Waals surface area contributed by atoms with Gasteiger partial charge >= 0.3 is 0 Å². The summed E-state index contributed by atoms with van der Waals surface area (Å²) >= 11 is 0. The van der Waals surface area contributed by atoms with E-state index in [-0.39, 0.29) is 0 Å². The molecule has 0 aromatic rings. The van der Waals surface area contributed by atoms with E-state index in [1.54, 1.807) is 0 Å². The predicted molar refractivity (Wildman–Crippen MR) is 111 cm³/mol. The van der Waals surface area contributed by atoms with E-state index in [9.17, 15) is 0 Å². The van der Waals surface area contributed by atoms with Crippen molar-refractivity contribution in [2.45, 2.75) is 89.4 Å². The van der Waals surface area contributed by atoms with Crippen LogP contribution in [0.2, 0.25) is 0 Å². The van der Waals surface area contributed by atoms with Gasteiger partial charge in [0.25, 0.3) is 0 Å². The number of nitrogens with zero attached hydrogens (tertiary/aromatic N) is 1. The molecule has 0 aromatic carbocycles. The van der Waals surface area contributed by atoms with E-state index in [2.05, 4.69) is 41.2 Å². The Balaban J connectivity index is 1.66. The Morgan fingerprint density at radius 3 is 1.85 bits per heavy atom. The zero-order chi connectivity index (χ0) is 18.2. The topological polar surface area (TPSA) is 60.5 Å². The fraction of sp³-hybridized carbons (Fsp3) is 0.857. The molecular weight excluding hydrogens is 322 g/mol. The van der Waals surface area contributed by atoms with Crippen LogP contribution in [0, 0.1) is 0 Å². The highest BCUT2D eigenvalue weighted by Gasteiger charge is 2.26. The Hall–Kier alpha value is -0.910. The summed E-state index contributed by atoms with van der Waals surface area (Å²) in [7, 11) is 0. The molecule has 0 unspecified atom stereocenters. The highest BCUT2D eigenvalue weighted by Crippen LogP contribution is 2.20. The Bertz CT molecular complexity index is 487. The second kappa shape index (κ2) is 10.4. The molecule has 2 aliphatic carbocycles. The third-order valence-corrected chi connectivity index (χ3v) is 6.19. The quantitative estimate of drug-likeness (QED) is 0.535. The van der Waals surface area contributed by atoms with E-state index in [0.29, 0.717) is 24.2 Å². The lowest BCUT2D eigenvalue weighted by Gasteiger charge is -2.35. The van der Waals surface area contributed by atoms with Crippen LogP contribution in [-0.4, -0.2) is 56.1 Å². The van der Waals surface area contributed by atoms with Crippen molar-refractivity contribution in [2.24, 2.45) is 4.99 Å². The number of fused-ring (bicyclic) bond motifs is 2. The van der Waals surface area contributed by atoms with Crippen LogP contribution in [0.3, 0.4) is 0 Å². The normalized spacial score (nSPS) is 37.3. The Morgan fingerprint density at radius 1 is 0.731 bits per heavy atom. The maximum Gasteiger partial charge on any atom is 0.0517 e. The smallest absolute Gasteiger partial charge is 0.0517 e. The number of nitrogens with one attached hydrogen (secondary N) is 4. The van der Waals surface area contributed by atoms with Crippen LogP contribution >= 0.6 is 0 Å². The zero-order valence-electron chi connectivity index (χ0n) is 16.8. The minimum atomic E-state index is 0.546. The van der Waals surface area contributed by atoms with Gasteiger partial charge in [0.05, 0.1) is 6.54 Å². The van der Waals surface area contributed by atoms with Crippen molar-refractivity contribution in [1.82, 2.24) is 21.3 Å². The van der Waals surface area contributed by atoms with Crippen molar-refractivity contribution in [3.05, 3.63) is 11.8 Å². The molecule has 5 nitrogen and oxygen atoms in total. The van der Waals surface area contributed by atoms with Crippen molar-refractivity contribution >= 4 is 5.71 Å². The number of aliphatic imine (C=N–C) groups is 1. The lowest BCUT2D eigenvalue weighted by Crippen LogP contribution is -2.54. The second-order valence-corrected chi connectivity index (χ2v) is 8.35. The van der Waals surface area contributed by atoms with Gasteiger partial charge in [0.1, 0.15) is 0 Å². The van der Waals surface area contributed by atoms with E-state index in [0.717, 1.165) is 31.9 Å². The van der Waals surface area contributed by atoms with Crippen LogP contribution in [0.4, 0.5) is 0 Å². The SMILES string of the molecule is CC1=NCCN[C@@H]2CCCC[C@H]2NCCN[C@@H]2CCCC[C@H]2N/C(C)=C\1. The Morgan fingerprint density at radius 2 is 1.23 bits per heavy atom. The van der Waals surface area contributed by atoms with Gasteiger partial charge in [0.2, 0.25) is 0 Å². The van der Waals surface area contributed by atoms with Gasteiger partial charge in [-0.3, -0.25) is 4.99 Å². The molecule has 0 bridgehead atoms. The molecule has 0 aromatic heterocycles. The summed E-state index contributed by atoms with van der Waals surface area (Å²) in [6, 6.07) is 2.35. The third kappa shape index (κ3) is 6.07. The Kier molecular flexibility index (Phi) is 7.96. The van der Waals surface area contributed by atoms with Gasteiger partial charge in [0.15, 0.2) is 0 Å². The zero-order valence-corrected chi connectivity index (χ0v) is 16.8. The second-order valence-electron chi connectivity index (χ2n) is 8.35. The first-order valence-electron chi connectivity index (χ1n) is 10.9. The molecule has 2 fully saturated rings. The molecule has 0 amide bonds. The molecule has 26 heavy (non-hydrogen) atoms. The van der Waals surface area contributed by atoms with Crippen molar-refractivity contribution in [3.63, 3.8) is 0 Å². The van der Waals surface area contributed by atoms with Gasteiger partial charge in [-0.2, -0.15) is 0 Å². The van der Waals surface area contributed by atoms with E-state index in [1.807, 2.05) is 0 Å². The fourth-order valence-electron chi connectivity index (χ4n) is 4.86. The summed E-state index contributed by atoms with van der Waals surface area (Å²) in [6.45, 7) is 8.28. The van der Waals surface area contributed by atoms with Gasteiger partial charge < -0.3 is 21.3 Å². The maximum atomic E-state index is 4.75. The molecule has 148 valence electrons. The molecule has 0 radical (unpaired) electrons. The molecule has 2 saturated carbocycles. The number of allylic oxidation sites excluding steroid dienone is 2. The maximum absolute atomic E-state index is 4.75. The van der Waals surface area contributed by atoms with Crippen molar-refractivity contribution in [1.29, 1.82) is 0 Å². The van der Waals surface area contributed by atoms with Crippen LogP contribution in [0.1, 0.15) is 65.2 Å². The molecule has 4 N–H and O–H groups in total. The minimum Gasteiger partial charge on any atom is -0.384 e. The van der Waals surface area contributed by atoms with Gasteiger partial charge in [-0.15, -0.1) is 0 Å². The van der Waals surface area contributed by atoms with Crippen molar-refractivity contribution in [3.8, 4) is 0 Å². The van der Waals surface area contributed by atoms with Crippen LogP contribution < -0.4 is 21.3 Å². The molecule has 3 aliphatic rings. The molecule has 4 atom stereocenters. The van der Waals surface area contributed by atoms with E-state index >= 15 is 0 Å². The summed E-state index contributed by atoms with van der Waals surface area (Å²) in [5.74, 6) is 0. The van der Waals surface area contributed by atoms with Crippen LogP contribution in [0.15, 0.2) is 16.8 Å². The molecule has 1 aliphatic heterocycles. The third-order valence-electron chi connectivity index (χ3n) is 6.19. The monoisotopic (exact) mass is 361 g/mol. The summed E-state index contributed by atoms with van der Waals surface area (Å²) in [5, 5.41) is 15.2. The average Bonchev–Trinajstić information content (AvgIpc) is 2.63. The van der Waals surface area contributed by atoms with Crippen LogP contribution in [0.5, 0.6) is 0 Å². The van der Waals surface area contributed by atoms with Crippen LogP contribution in [-0.2, 0) is 0 Å². The Labute approximate surface area is 159 Å².